The van der Waals surface area contributed by atoms with Crippen molar-refractivity contribution in [2.45, 2.75) is 12.8 Å². The van der Waals surface area contributed by atoms with Gasteiger partial charge in [-0.15, -0.1) is 0 Å². The van der Waals surface area contributed by atoms with Crippen molar-refractivity contribution < 1.29 is 4.79 Å². The number of rotatable bonds is 4. The fraction of sp³-hybridized carbons (Fsp3) is 0.538. The van der Waals surface area contributed by atoms with Gasteiger partial charge in [-0.25, -0.2) is 4.98 Å². The molecule has 2 heterocycles. The molecule has 1 aliphatic heterocycles. The Morgan fingerprint density at radius 1 is 1.32 bits per heavy atom. The van der Waals surface area contributed by atoms with Crippen LogP contribution in [0.5, 0.6) is 0 Å². The van der Waals surface area contributed by atoms with Crippen LogP contribution in [0.2, 0.25) is 5.02 Å². The van der Waals surface area contributed by atoms with Crippen LogP contribution in [0.3, 0.4) is 0 Å². The van der Waals surface area contributed by atoms with Gasteiger partial charge in [-0.1, -0.05) is 11.6 Å². The second-order valence-corrected chi connectivity index (χ2v) is 5.03. The number of nitrogens with zero attached hydrogens (tertiary/aromatic N) is 3. The highest BCUT2D eigenvalue weighted by atomic mass is 35.5. The maximum Gasteiger partial charge on any atom is 0.222 e. The lowest BCUT2D eigenvalue weighted by atomic mass is 10.2. The molecule has 2 rings (SSSR count). The highest BCUT2D eigenvalue weighted by molar-refractivity contribution is 6.30. The van der Waals surface area contributed by atoms with Gasteiger partial charge in [-0.05, 0) is 25.1 Å². The van der Waals surface area contributed by atoms with Crippen LogP contribution >= 0.6 is 11.6 Å². The van der Waals surface area contributed by atoms with Gasteiger partial charge in [0, 0.05) is 38.8 Å². The fourth-order valence-corrected chi connectivity index (χ4v) is 2.26. The maximum atomic E-state index is 11.9. The normalized spacial score (nSPS) is 15.7. The van der Waals surface area contributed by atoms with Gasteiger partial charge in [-0.2, -0.15) is 0 Å². The molecular weight excluding hydrogens is 264 g/mol. The van der Waals surface area contributed by atoms with Crippen molar-refractivity contribution in [3.05, 3.63) is 23.4 Å². The first-order valence-electron chi connectivity index (χ1n) is 6.55. The zero-order valence-corrected chi connectivity index (χ0v) is 11.6. The predicted octanol–water partition coefficient (Wildman–Crippen LogP) is 1.12. The molecular formula is C13H19ClN4O. The van der Waals surface area contributed by atoms with Crippen LogP contribution in [0.4, 0.5) is 5.82 Å². The van der Waals surface area contributed by atoms with E-state index in [0.717, 1.165) is 38.4 Å². The van der Waals surface area contributed by atoms with Crippen LogP contribution in [0.1, 0.15) is 12.8 Å². The predicted molar refractivity (Wildman–Crippen MR) is 76.3 cm³/mol. The van der Waals surface area contributed by atoms with Crippen LogP contribution in [-0.2, 0) is 4.79 Å². The number of carbonyl (C=O) groups is 1. The summed E-state index contributed by atoms with van der Waals surface area (Å²) in [6.45, 7) is 3.67. The summed E-state index contributed by atoms with van der Waals surface area (Å²) in [6.07, 6.45) is 2.96. The number of amides is 1. The van der Waals surface area contributed by atoms with E-state index in [4.69, 9.17) is 17.3 Å². The van der Waals surface area contributed by atoms with Gasteiger partial charge in [0.15, 0.2) is 0 Å². The van der Waals surface area contributed by atoms with E-state index in [1.807, 2.05) is 17.0 Å². The van der Waals surface area contributed by atoms with E-state index in [2.05, 4.69) is 9.88 Å². The van der Waals surface area contributed by atoms with E-state index in [1.165, 1.54) is 0 Å². The molecule has 2 N–H and O–H groups in total. The second kappa shape index (κ2) is 6.73. The van der Waals surface area contributed by atoms with Crippen molar-refractivity contribution >= 4 is 23.3 Å². The van der Waals surface area contributed by atoms with Crippen LogP contribution in [-0.4, -0.2) is 48.5 Å². The average molecular weight is 283 g/mol. The minimum atomic E-state index is 0.203. The van der Waals surface area contributed by atoms with Gasteiger partial charge in [-0.3, -0.25) is 4.79 Å². The van der Waals surface area contributed by atoms with Crippen LogP contribution in [0.15, 0.2) is 18.3 Å². The molecule has 5 nitrogen and oxygen atoms in total. The zero-order valence-electron chi connectivity index (χ0n) is 10.9. The summed E-state index contributed by atoms with van der Waals surface area (Å²) in [5, 5.41) is 0.638. The molecule has 0 spiro atoms. The summed E-state index contributed by atoms with van der Waals surface area (Å²) in [7, 11) is 0. The molecule has 104 valence electrons. The van der Waals surface area contributed by atoms with E-state index in [1.54, 1.807) is 6.20 Å². The van der Waals surface area contributed by atoms with Crippen LogP contribution in [0, 0.1) is 0 Å². The van der Waals surface area contributed by atoms with E-state index in [0.29, 0.717) is 18.0 Å². The number of aromatic nitrogens is 1. The standard InChI is InChI=1S/C13H19ClN4O/c14-11-3-4-12(16-10-11)17-6-8-18(9-7-17)13(19)2-1-5-15/h3-4,10H,1-2,5-9,15H2. The summed E-state index contributed by atoms with van der Waals surface area (Å²) >= 11 is 5.82. The first-order valence-corrected chi connectivity index (χ1v) is 6.93. The third-order valence-corrected chi connectivity index (χ3v) is 3.49. The number of piperazine rings is 1. The Hall–Kier alpha value is -1.33. The molecule has 0 radical (unpaired) electrons. The topological polar surface area (TPSA) is 62.5 Å². The zero-order chi connectivity index (χ0) is 13.7. The number of hydrogen-bond donors (Lipinski definition) is 1. The smallest absolute Gasteiger partial charge is 0.222 e. The molecule has 1 aliphatic rings. The molecule has 1 fully saturated rings. The number of nitrogens with two attached hydrogens (primary N) is 1. The Balaban J connectivity index is 1.85. The Morgan fingerprint density at radius 3 is 2.63 bits per heavy atom. The molecule has 1 aromatic heterocycles. The SMILES string of the molecule is NCCCC(=O)N1CCN(c2ccc(Cl)cn2)CC1. The molecule has 0 aliphatic carbocycles. The summed E-state index contributed by atoms with van der Waals surface area (Å²) in [5.74, 6) is 1.12. The highest BCUT2D eigenvalue weighted by Crippen LogP contribution is 2.16. The Labute approximate surface area is 118 Å². The Bertz CT molecular complexity index is 415. The first-order chi connectivity index (χ1) is 9.20. The Kier molecular flexibility index (Phi) is 4.99. The van der Waals surface area contributed by atoms with Gasteiger partial charge in [0.2, 0.25) is 5.91 Å². The summed E-state index contributed by atoms with van der Waals surface area (Å²) in [5.41, 5.74) is 5.42. The number of hydrogen-bond acceptors (Lipinski definition) is 4. The van der Waals surface area contributed by atoms with Gasteiger partial charge in [0.1, 0.15) is 5.82 Å². The molecule has 6 heteroatoms. The van der Waals surface area contributed by atoms with E-state index in [-0.39, 0.29) is 5.91 Å². The summed E-state index contributed by atoms with van der Waals surface area (Å²) < 4.78 is 0. The first kappa shape index (κ1) is 14.1. The minimum absolute atomic E-state index is 0.203. The molecule has 1 amide bonds. The van der Waals surface area contributed by atoms with E-state index >= 15 is 0 Å². The lowest BCUT2D eigenvalue weighted by Gasteiger charge is -2.35. The maximum absolute atomic E-state index is 11.9. The molecule has 0 atom stereocenters. The largest absolute Gasteiger partial charge is 0.353 e. The molecule has 1 saturated heterocycles. The van der Waals surface area contributed by atoms with Crippen LogP contribution in [0.25, 0.3) is 0 Å². The van der Waals surface area contributed by atoms with E-state index in [9.17, 15) is 4.79 Å². The third kappa shape index (κ3) is 3.81. The van der Waals surface area contributed by atoms with Crippen molar-refractivity contribution in [2.75, 3.05) is 37.6 Å². The quantitative estimate of drug-likeness (QED) is 0.899. The second-order valence-electron chi connectivity index (χ2n) is 4.59. The highest BCUT2D eigenvalue weighted by Gasteiger charge is 2.21. The van der Waals surface area contributed by atoms with Crippen molar-refractivity contribution in [1.82, 2.24) is 9.88 Å². The van der Waals surface area contributed by atoms with Crippen molar-refractivity contribution in [2.24, 2.45) is 5.73 Å². The Morgan fingerprint density at radius 2 is 2.05 bits per heavy atom. The number of pyridine rings is 1. The van der Waals surface area contributed by atoms with Crippen molar-refractivity contribution in [3.63, 3.8) is 0 Å². The molecule has 0 saturated carbocycles. The molecule has 0 aromatic carbocycles. The van der Waals surface area contributed by atoms with E-state index < -0.39 is 0 Å². The summed E-state index contributed by atoms with van der Waals surface area (Å²) in [4.78, 5) is 20.2. The fourth-order valence-electron chi connectivity index (χ4n) is 2.15. The van der Waals surface area contributed by atoms with Gasteiger partial charge in [0.05, 0.1) is 5.02 Å². The van der Waals surface area contributed by atoms with Gasteiger partial charge >= 0.3 is 0 Å². The van der Waals surface area contributed by atoms with Crippen molar-refractivity contribution in [3.8, 4) is 0 Å². The minimum Gasteiger partial charge on any atom is -0.353 e. The number of carbonyl (C=O) groups excluding carboxylic acids is 1. The molecule has 19 heavy (non-hydrogen) atoms. The molecule has 0 bridgehead atoms. The van der Waals surface area contributed by atoms with Gasteiger partial charge in [0.25, 0.3) is 0 Å². The lowest BCUT2D eigenvalue weighted by molar-refractivity contribution is -0.131. The summed E-state index contributed by atoms with van der Waals surface area (Å²) in [6, 6.07) is 3.75. The number of anilines is 1. The third-order valence-electron chi connectivity index (χ3n) is 3.26. The van der Waals surface area contributed by atoms with Crippen LogP contribution < -0.4 is 10.6 Å². The van der Waals surface area contributed by atoms with Gasteiger partial charge < -0.3 is 15.5 Å². The molecule has 1 aromatic rings. The van der Waals surface area contributed by atoms with Crippen molar-refractivity contribution in [1.29, 1.82) is 0 Å². The molecule has 0 unspecified atom stereocenters. The lowest BCUT2D eigenvalue weighted by Crippen LogP contribution is -2.49. The average Bonchev–Trinajstić information content (AvgIpc) is 2.46. The monoisotopic (exact) mass is 282 g/mol. The number of halogens is 1.